The number of hydrogen-bond acceptors (Lipinski definition) is 9. The van der Waals surface area contributed by atoms with Crippen LogP contribution in [0.25, 0.3) is 11.1 Å². The maximum absolute atomic E-state index is 14.9. The number of halogens is 23. The molecule has 0 radical (unpaired) electrons. The van der Waals surface area contributed by atoms with Crippen LogP contribution in [0.1, 0.15) is 146 Å². The van der Waals surface area contributed by atoms with Crippen LogP contribution in [0.15, 0.2) is 84.9 Å². The van der Waals surface area contributed by atoms with Gasteiger partial charge in [0.25, 0.3) is 0 Å². The second-order valence-corrected chi connectivity index (χ2v) is 25.1. The lowest BCUT2D eigenvalue weighted by Gasteiger charge is -2.32. The predicted molar refractivity (Wildman–Crippen MR) is 307 cm³/mol. The van der Waals surface area contributed by atoms with E-state index in [0.29, 0.717) is 73.3 Å². The summed E-state index contributed by atoms with van der Waals surface area (Å²) in [5.41, 5.74) is -16.1. The lowest BCUT2D eigenvalue weighted by molar-refractivity contribution is -0.190. The number of ether oxygens (including phenoxy) is 4. The molecule has 34 heteroatoms. The molecule has 3 saturated heterocycles. The molecular formula is C64H60BF23O9S. The van der Waals surface area contributed by atoms with Crippen LogP contribution in [-0.4, -0.2) is 45.5 Å². The molecule has 9 rings (SSSR count). The maximum atomic E-state index is 14.9. The molecule has 0 saturated carbocycles. The Labute approximate surface area is 546 Å². The molecule has 0 N–H and O–H groups in total. The quantitative estimate of drug-likeness (QED) is 0.0406. The summed E-state index contributed by atoms with van der Waals surface area (Å²) in [6, 6.07) is 8.09. The van der Waals surface area contributed by atoms with Crippen LogP contribution < -0.4 is 19.1 Å². The Morgan fingerprint density at radius 3 is 1.15 bits per heavy atom. The molecule has 0 bridgehead atoms. The molecule has 4 unspecified atom stereocenters. The number of alkyl halides is 13. The Morgan fingerprint density at radius 1 is 0.469 bits per heavy atom. The van der Waals surface area contributed by atoms with E-state index >= 15 is 0 Å². The van der Waals surface area contributed by atoms with Gasteiger partial charge < -0.3 is 32.4 Å². The molecule has 9 nitrogen and oxygen atoms in total. The first-order chi connectivity index (χ1) is 44.7. The average molecular weight is 1450 g/mol. The fourth-order valence-corrected chi connectivity index (χ4v) is 10.9. The zero-order valence-electron chi connectivity index (χ0n) is 51.3. The van der Waals surface area contributed by atoms with Gasteiger partial charge in [0.15, 0.2) is 11.6 Å². The average Bonchev–Trinajstić information content (AvgIpc) is 1.42. The highest BCUT2D eigenvalue weighted by Crippen LogP contribution is 2.45. The molecule has 3 aliphatic rings. The minimum Gasteiger partial charge on any atom is -0.429 e. The summed E-state index contributed by atoms with van der Waals surface area (Å²) in [7, 11) is -7.19. The van der Waals surface area contributed by atoms with Crippen molar-refractivity contribution in [3.63, 3.8) is 0 Å². The van der Waals surface area contributed by atoms with Crippen molar-refractivity contribution in [1.82, 2.24) is 0 Å². The predicted octanol–water partition coefficient (Wildman–Crippen LogP) is 20.1. The summed E-state index contributed by atoms with van der Waals surface area (Å²) in [5.74, 6) is -21.5. The molecule has 0 amide bonds. The van der Waals surface area contributed by atoms with Crippen LogP contribution in [0.3, 0.4) is 0 Å². The first-order valence-electron chi connectivity index (χ1n) is 29.1. The van der Waals surface area contributed by atoms with E-state index < -0.39 is 162 Å². The number of benzene rings is 6. The molecule has 0 aromatic heterocycles. The van der Waals surface area contributed by atoms with E-state index in [2.05, 4.69) is 27.5 Å². The minimum absolute atomic E-state index is 0. The molecule has 3 aliphatic heterocycles. The van der Waals surface area contributed by atoms with Crippen LogP contribution in [0, 0.1) is 70.0 Å². The molecule has 4 atom stereocenters. The second kappa shape index (κ2) is 30.4. The highest BCUT2D eigenvalue weighted by atomic mass is 32.2. The largest absolute Gasteiger partial charge is 0.534 e. The second-order valence-electron chi connectivity index (χ2n) is 23.5. The Balaban J connectivity index is 0.000000238. The number of hydrogen-bond donors (Lipinski definition) is 0. The van der Waals surface area contributed by atoms with E-state index in [9.17, 15) is 109 Å². The van der Waals surface area contributed by atoms with E-state index in [1.165, 1.54) is 18.2 Å². The molecule has 6 aromatic carbocycles. The topological polar surface area (TPSA) is 98.8 Å². The molecule has 3 fully saturated rings. The van der Waals surface area contributed by atoms with Crippen molar-refractivity contribution in [3.05, 3.63) is 176 Å². The molecule has 540 valence electrons. The minimum atomic E-state index is -5.90. The van der Waals surface area contributed by atoms with Crippen molar-refractivity contribution < 1.29 is 142 Å². The van der Waals surface area contributed by atoms with Crippen molar-refractivity contribution in [2.75, 3.05) is 13.2 Å². The lowest BCUT2D eigenvalue weighted by atomic mass is 9.78. The van der Waals surface area contributed by atoms with E-state index in [4.69, 9.17) is 18.8 Å². The van der Waals surface area contributed by atoms with E-state index in [-0.39, 0.29) is 54.9 Å². The van der Waals surface area contributed by atoms with Crippen LogP contribution >= 0.6 is 0 Å². The Bertz CT molecular complexity index is 3800. The zero-order chi connectivity index (χ0) is 72.5. The van der Waals surface area contributed by atoms with Gasteiger partial charge in [0, 0.05) is 29.8 Å². The smallest absolute Gasteiger partial charge is 0.429 e. The first kappa shape index (κ1) is 79.9. The van der Waals surface area contributed by atoms with Gasteiger partial charge in [-0.3, -0.25) is 0 Å². The molecule has 6 aromatic rings. The van der Waals surface area contributed by atoms with Gasteiger partial charge in [0.1, 0.15) is 86.1 Å². The van der Waals surface area contributed by atoms with Crippen molar-refractivity contribution >= 4 is 22.7 Å². The van der Waals surface area contributed by atoms with E-state index in [1.807, 2.05) is 0 Å². The Hall–Kier alpha value is -7.04. The van der Waals surface area contributed by atoms with Crippen molar-refractivity contribution in [1.29, 1.82) is 0 Å². The van der Waals surface area contributed by atoms with Crippen LogP contribution in [0.4, 0.5) is 101 Å². The summed E-state index contributed by atoms with van der Waals surface area (Å²) in [6.45, 7) is 11.8. The van der Waals surface area contributed by atoms with Gasteiger partial charge in [-0.15, -0.1) is 0 Å². The maximum Gasteiger partial charge on any atom is 0.534 e. The van der Waals surface area contributed by atoms with E-state index in [1.54, 1.807) is 27.7 Å². The third-order valence-corrected chi connectivity index (χ3v) is 16.9. The third-order valence-electron chi connectivity index (χ3n) is 15.9. The van der Waals surface area contributed by atoms with Gasteiger partial charge in [-0.2, -0.15) is 65.5 Å². The van der Waals surface area contributed by atoms with Gasteiger partial charge in [-0.1, -0.05) is 52.3 Å². The van der Waals surface area contributed by atoms with Crippen LogP contribution in [0.2, 0.25) is 0 Å². The normalized spacial score (nSPS) is 19.0. The van der Waals surface area contributed by atoms with Crippen molar-refractivity contribution in [2.24, 2.45) is 11.8 Å². The molecular weight excluding hydrogens is 1390 g/mol. The SMILES string of the molecule is C.CC1(C)OB(c2cc(F)c(C(F)(F)Oc3cc(F)c(C(F)(F)F)c(F)c3)c(F)c2)OC1(C)C.CCCC1CCC(c2ccc(-c3cc(F)c(C(F)(F)Oc4cc(F)c(C(F)(F)F)c(F)c4)c(F)c3)c(F)c2)OC1.CCCC1CCC(c2ccc(OS(=O)(=O)C(F)(F)F)c(F)c2)OC1. The summed E-state index contributed by atoms with van der Waals surface area (Å²) in [4.78, 5) is 0. The fraction of sp³-hybridized carbons (Fsp3) is 0.438. The summed E-state index contributed by atoms with van der Waals surface area (Å²) < 4.78 is 370. The van der Waals surface area contributed by atoms with Gasteiger partial charge >= 0.3 is 47.3 Å². The zero-order valence-corrected chi connectivity index (χ0v) is 52.1. The lowest BCUT2D eigenvalue weighted by Crippen LogP contribution is -2.41. The molecule has 0 spiro atoms. The highest BCUT2D eigenvalue weighted by Gasteiger charge is 2.53. The summed E-state index contributed by atoms with van der Waals surface area (Å²) in [5, 5.41) is 0. The summed E-state index contributed by atoms with van der Waals surface area (Å²) in [6.07, 6.45) is -14.2. The van der Waals surface area contributed by atoms with Gasteiger partial charge in [-0.25, -0.2) is 43.9 Å². The number of rotatable bonds is 16. The van der Waals surface area contributed by atoms with Crippen molar-refractivity contribution in [3.8, 4) is 28.4 Å². The van der Waals surface area contributed by atoms with Crippen LogP contribution in [0.5, 0.6) is 17.2 Å². The van der Waals surface area contributed by atoms with Gasteiger partial charge in [0.2, 0.25) is 0 Å². The summed E-state index contributed by atoms with van der Waals surface area (Å²) >= 11 is 0. The van der Waals surface area contributed by atoms with Crippen LogP contribution in [-0.2, 0) is 53.5 Å². The highest BCUT2D eigenvalue weighted by molar-refractivity contribution is 7.88. The Kier molecular flexibility index (Phi) is 24.8. The molecule has 0 aliphatic carbocycles. The standard InChI is InChI=1S/C28H22F10O2.C20H16BF9O3.C15H18F4O4S.CH4/c1-2-3-14-4-7-24(39-13-14)15-5-6-18(19(29)8-15)16-9-20(30)26(21(31)10-16)28(37,38)40-17-11-22(32)25(23(33)12-17)27(34,35)36;1-17(2)18(3,4)33-21(32-17)9-5-11(22)16(12(23)6-9)20(29,30)31-10-7-13(24)15(14(25)8-10)19(26,27)28;1-2-3-10-4-6-13(22-9-10)11-5-7-14(12(16)8-11)23-24(20,21)15(17,18)19;/h5-6,8-12,14,24H,2-4,7,13H2,1H3;5-8H,1-4H3;5,7-8,10,13H,2-4,6,9H2,1H3;1H4. The molecule has 98 heavy (non-hydrogen) atoms. The monoisotopic (exact) mass is 1450 g/mol. The van der Waals surface area contributed by atoms with Crippen molar-refractivity contribution in [2.45, 2.75) is 154 Å². The molecule has 3 heterocycles. The van der Waals surface area contributed by atoms with E-state index in [0.717, 1.165) is 56.7 Å². The van der Waals surface area contributed by atoms with Gasteiger partial charge in [0.05, 0.1) is 36.6 Å². The third kappa shape index (κ3) is 18.7. The Morgan fingerprint density at radius 2 is 0.827 bits per heavy atom. The van der Waals surface area contributed by atoms with Gasteiger partial charge in [-0.05, 0) is 143 Å². The fourth-order valence-electron chi connectivity index (χ4n) is 10.5. The first-order valence-corrected chi connectivity index (χ1v) is 30.5.